The zero-order valence-corrected chi connectivity index (χ0v) is 13.6. The van der Waals surface area contributed by atoms with E-state index in [4.69, 9.17) is 0 Å². The zero-order chi connectivity index (χ0) is 14.5. The van der Waals surface area contributed by atoms with Gasteiger partial charge >= 0.3 is 0 Å². The number of nitrogens with one attached hydrogen (secondary N) is 1. The Morgan fingerprint density at radius 1 is 1.35 bits per heavy atom. The van der Waals surface area contributed by atoms with Crippen LogP contribution in [-0.2, 0) is 4.79 Å². The van der Waals surface area contributed by atoms with Gasteiger partial charge in [-0.05, 0) is 41.7 Å². The van der Waals surface area contributed by atoms with Gasteiger partial charge in [0, 0.05) is 6.04 Å². The maximum atomic E-state index is 12.7. The van der Waals surface area contributed by atoms with Crippen LogP contribution in [0.1, 0.15) is 64.6 Å². The van der Waals surface area contributed by atoms with Crippen LogP contribution in [0.2, 0.25) is 0 Å². The minimum atomic E-state index is -0.00388. The van der Waals surface area contributed by atoms with E-state index in [0.717, 1.165) is 32.1 Å². The van der Waals surface area contributed by atoms with Gasteiger partial charge in [-0.2, -0.15) is 11.3 Å². The standard InChI is InChI=1S/C16H26N2OS/c1-4-7-13(6-3)18-15(12-9-10-20-11-12)17-14(8-5-2)16(18)19/h9-11,13-15,17H,4-8H2,1-3H3. The molecule has 1 aromatic rings. The Bertz CT molecular complexity index is 418. The van der Waals surface area contributed by atoms with E-state index in [1.54, 1.807) is 11.3 Å². The van der Waals surface area contributed by atoms with Crippen molar-refractivity contribution in [1.82, 2.24) is 10.2 Å². The topological polar surface area (TPSA) is 32.3 Å². The van der Waals surface area contributed by atoms with Crippen molar-refractivity contribution in [3.63, 3.8) is 0 Å². The Balaban J connectivity index is 2.24. The molecule has 1 aliphatic rings. The van der Waals surface area contributed by atoms with Crippen LogP contribution in [0.25, 0.3) is 0 Å². The SMILES string of the molecule is CCCC1NC(c2ccsc2)N(C(CC)CCC)C1=O. The van der Waals surface area contributed by atoms with Crippen molar-refractivity contribution in [2.45, 2.75) is 71.1 Å². The van der Waals surface area contributed by atoms with E-state index in [-0.39, 0.29) is 12.2 Å². The molecule has 0 spiro atoms. The monoisotopic (exact) mass is 294 g/mol. The molecular formula is C16H26N2OS. The van der Waals surface area contributed by atoms with Gasteiger partial charge in [-0.3, -0.25) is 10.1 Å². The van der Waals surface area contributed by atoms with Gasteiger partial charge in [-0.1, -0.05) is 33.6 Å². The molecule has 1 aliphatic heterocycles. The molecule has 1 amide bonds. The normalized spacial score (nSPS) is 24.4. The van der Waals surface area contributed by atoms with E-state index in [0.29, 0.717) is 11.9 Å². The average molecular weight is 294 g/mol. The largest absolute Gasteiger partial charge is 0.319 e. The van der Waals surface area contributed by atoms with Crippen LogP contribution in [0.4, 0.5) is 0 Å². The zero-order valence-electron chi connectivity index (χ0n) is 12.8. The summed E-state index contributed by atoms with van der Waals surface area (Å²) < 4.78 is 0. The fraction of sp³-hybridized carbons (Fsp3) is 0.688. The first-order chi connectivity index (χ1) is 9.72. The molecule has 1 aromatic heterocycles. The molecule has 1 saturated heterocycles. The second kappa shape index (κ2) is 7.23. The molecule has 1 fully saturated rings. The van der Waals surface area contributed by atoms with E-state index < -0.39 is 0 Å². The molecule has 20 heavy (non-hydrogen) atoms. The number of thiophene rings is 1. The highest BCUT2D eigenvalue weighted by Gasteiger charge is 2.41. The molecule has 0 saturated carbocycles. The Morgan fingerprint density at radius 3 is 2.70 bits per heavy atom. The van der Waals surface area contributed by atoms with Crippen molar-refractivity contribution in [2.24, 2.45) is 0 Å². The lowest BCUT2D eigenvalue weighted by Crippen LogP contribution is -2.39. The second-order valence-electron chi connectivity index (χ2n) is 5.56. The van der Waals surface area contributed by atoms with E-state index in [1.807, 2.05) is 0 Å². The Labute approximate surface area is 126 Å². The minimum absolute atomic E-state index is 0.00388. The van der Waals surface area contributed by atoms with Crippen LogP contribution < -0.4 is 5.32 Å². The van der Waals surface area contributed by atoms with Crippen LogP contribution in [0.3, 0.4) is 0 Å². The average Bonchev–Trinajstić information content (AvgIpc) is 3.06. The summed E-state index contributed by atoms with van der Waals surface area (Å²) in [7, 11) is 0. The summed E-state index contributed by atoms with van der Waals surface area (Å²) in [4.78, 5) is 14.9. The van der Waals surface area contributed by atoms with Gasteiger partial charge in [-0.25, -0.2) is 0 Å². The minimum Gasteiger partial charge on any atom is -0.319 e. The van der Waals surface area contributed by atoms with Crippen molar-refractivity contribution in [3.05, 3.63) is 22.4 Å². The van der Waals surface area contributed by atoms with E-state index in [2.05, 4.69) is 47.8 Å². The summed E-state index contributed by atoms with van der Waals surface area (Å²) in [6.45, 7) is 6.52. The molecule has 3 atom stereocenters. The molecule has 0 radical (unpaired) electrons. The van der Waals surface area contributed by atoms with Crippen molar-refractivity contribution < 1.29 is 4.79 Å². The third-order valence-corrected chi connectivity index (χ3v) is 4.81. The Kier molecular flexibility index (Phi) is 5.61. The molecule has 112 valence electrons. The first kappa shape index (κ1) is 15.5. The number of carbonyl (C=O) groups excluding carboxylic acids is 1. The lowest BCUT2D eigenvalue weighted by Gasteiger charge is -2.32. The summed E-state index contributed by atoms with van der Waals surface area (Å²) >= 11 is 1.70. The third-order valence-electron chi connectivity index (χ3n) is 4.11. The van der Waals surface area contributed by atoms with E-state index in [9.17, 15) is 4.79 Å². The number of nitrogens with zero attached hydrogens (tertiary/aromatic N) is 1. The number of carbonyl (C=O) groups is 1. The highest BCUT2D eigenvalue weighted by molar-refractivity contribution is 7.07. The molecular weight excluding hydrogens is 268 g/mol. The highest BCUT2D eigenvalue weighted by atomic mass is 32.1. The number of hydrogen-bond donors (Lipinski definition) is 1. The Morgan fingerprint density at radius 2 is 2.15 bits per heavy atom. The molecule has 1 N–H and O–H groups in total. The molecule has 0 bridgehead atoms. The molecule has 0 aliphatic carbocycles. The number of amides is 1. The van der Waals surface area contributed by atoms with Crippen LogP contribution in [0.15, 0.2) is 16.8 Å². The van der Waals surface area contributed by atoms with Gasteiger partial charge in [0.1, 0.15) is 6.17 Å². The van der Waals surface area contributed by atoms with Crippen molar-refractivity contribution in [2.75, 3.05) is 0 Å². The first-order valence-electron chi connectivity index (χ1n) is 7.83. The molecule has 4 heteroatoms. The summed E-state index contributed by atoms with van der Waals surface area (Å²) in [6, 6.07) is 2.48. The van der Waals surface area contributed by atoms with Crippen LogP contribution in [0.5, 0.6) is 0 Å². The van der Waals surface area contributed by atoms with Crippen molar-refractivity contribution >= 4 is 17.2 Å². The predicted molar refractivity (Wildman–Crippen MR) is 84.7 cm³/mol. The van der Waals surface area contributed by atoms with Crippen molar-refractivity contribution in [1.29, 1.82) is 0 Å². The van der Waals surface area contributed by atoms with Crippen molar-refractivity contribution in [3.8, 4) is 0 Å². The molecule has 3 nitrogen and oxygen atoms in total. The quantitative estimate of drug-likeness (QED) is 0.826. The maximum Gasteiger partial charge on any atom is 0.241 e. The Hall–Kier alpha value is -0.870. The van der Waals surface area contributed by atoms with Gasteiger partial charge < -0.3 is 4.90 Å². The molecule has 2 rings (SSSR count). The number of rotatable bonds is 7. The number of hydrogen-bond acceptors (Lipinski definition) is 3. The van der Waals surface area contributed by atoms with Gasteiger partial charge in [0.15, 0.2) is 0 Å². The smallest absolute Gasteiger partial charge is 0.241 e. The molecule has 0 aromatic carbocycles. The summed E-state index contributed by atoms with van der Waals surface area (Å²) in [5, 5.41) is 7.80. The fourth-order valence-corrected chi connectivity index (χ4v) is 3.77. The first-order valence-corrected chi connectivity index (χ1v) is 8.77. The van der Waals surface area contributed by atoms with Crippen LogP contribution in [-0.4, -0.2) is 22.9 Å². The summed E-state index contributed by atoms with van der Waals surface area (Å²) in [5.41, 5.74) is 1.23. The second-order valence-corrected chi connectivity index (χ2v) is 6.34. The maximum absolute atomic E-state index is 12.7. The van der Waals surface area contributed by atoms with E-state index in [1.165, 1.54) is 5.56 Å². The van der Waals surface area contributed by atoms with Gasteiger partial charge in [0.2, 0.25) is 5.91 Å². The molecule has 3 unspecified atom stereocenters. The van der Waals surface area contributed by atoms with E-state index >= 15 is 0 Å². The summed E-state index contributed by atoms with van der Waals surface area (Å²) in [6.07, 6.45) is 5.28. The van der Waals surface area contributed by atoms with Crippen LogP contribution in [0, 0.1) is 0 Å². The lowest BCUT2D eigenvalue weighted by molar-refractivity contribution is -0.132. The van der Waals surface area contributed by atoms with Gasteiger partial charge in [0.25, 0.3) is 0 Å². The third kappa shape index (κ3) is 3.07. The summed E-state index contributed by atoms with van der Waals surface area (Å²) in [5.74, 6) is 0.295. The van der Waals surface area contributed by atoms with Gasteiger partial charge in [-0.15, -0.1) is 0 Å². The van der Waals surface area contributed by atoms with Gasteiger partial charge in [0.05, 0.1) is 6.04 Å². The molecule has 2 heterocycles. The van der Waals surface area contributed by atoms with Crippen LogP contribution >= 0.6 is 11.3 Å². The predicted octanol–water partition coefficient (Wildman–Crippen LogP) is 3.93. The fourth-order valence-electron chi connectivity index (χ4n) is 3.10. The highest BCUT2D eigenvalue weighted by Crippen LogP contribution is 2.32. The lowest BCUT2D eigenvalue weighted by atomic mass is 10.1.